The van der Waals surface area contributed by atoms with Gasteiger partial charge in [0.1, 0.15) is 11.5 Å². The largest absolute Gasteiger partial charge is 2.00 e. The molecular weight excluding hydrogens is 1100 g/mol. The monoisotopic (exact) mass is 1150 g/mol. The van der Waals surface area contributed by atoms with E-state index < -0.39 is 0 Å². The van der Waals surface area contributed by atoms with Crippen molar-refractivity contribution in [3.63, 3.8) is 0 Å². The van der Waals surface area contributed by atoms with Crippen molar-refractivity contribution in [2.24, 2.45) is 0 Å². The summed E-state index contributed by atoms with van der Waals surface area (Å²) in [7, 11) is 0. The van der Waals surface area contributed by atoms with Crippen molar-refractivity contribution in [2.45, 2.75) is 0 Å². The van der Waals surface area contributed by atoms with Crippen molar-refractivity contribution in [3.8, 4) is 50.3 Å². The van der Waals surface area contributed by atoms with Crippen molar-refractivity contribution in [3.05, 3.63) is 285 Å². The minimum absolute atomic E-state index is 0. The molecule has 0 saturated carbocycles. The first kappa shape index (κ1) is 46.5. The fraction of sp³-hybridized carbons (Fsp3) is 0. The molecule has 0 N–H and O–H groups in total. The first-order valence-electron chi connectivity index (χ1n) is 25.5. The molecule has 13 aromatic rings. The van der Waals surface area contributed by atoms with E-state index in [-0.39, 0.29) is 27.8 Å². The van der Waals surface area contributed by atoms with Gasteiger partial charge >= 0.3 is 32.8 Å². The van der Waals surface area contributed by atoms with Crippen LogP contribution in [0.3, 0.4) is 0 Å². The number of pyridine rings is 1. The van der Waals surface area contributed by atoms with Gasteiger partial charge in [-0.05, 0) is 91.2 Å². The molecule has 0 amide bonds. The Kier molecular flexibility index (Phi) is 12.2. The number of hydrogen-bond acceptors (Lipinski definition) is 1. The van der Waals surface area contributed by atoms with E-state index in [1.807, 2.05) is 12.3 Å². The van der Waals surface area contributed by atoms with E-state index in [2.05, 4.69) is 293 Å². The zero-order valence-electron chi connectivity index (χ0n) is 41.2. The molecule has 14 rings (SSSR count). The third-order valence-corrected chi connectivity index (χ3v) is 14.7. The van der Waals surface area contributed by atoms with Gasteiger partial charge in [0.2, 0.25) is 5.69 Å². The van der Waals surface area contributed by atoms with Gasteiger partial charge in [0.15, 0.2) is 6.71 Å². The molecule has 1 aliphatic heterocycles. The summed E-state index contributed by atoms with van der Waals surface area (Å²) in [6.45, 7) is -0.338. The first-order valence-corrected chi connectivity index (χ1v) is 25.5. The van der Waals surface area contributed by atoms with Crippen LogP contribution in [0.1, 0.15) is 0 Å². The molecule has 76 heavy (non-hydrogen) atoms. The number of rotatable bonds is 10. The Labute approximate surface area is 456 Å². The fourth-order valence-corrected chi connectivity index (χ4v) is 11.4. The van der Waals surface area contributed by atoms with Gasteiger partial charge in [-0.1, -0.05) is 210 Å². The van der Waals surface area contributed by atoms with Gasteiger partial charge in [-0.15, -0.1) is 11.5 Å². The van der Waals surface area contributed by atoms with Gasteiger partial charge < -0.3 is 4.57 Å². The standard InChI is InChI=1S/C70H45BN4.Pt/c1-5-22-49(23-6-1)57-35-20-36-58(50-24-7-2-8-25-50)68(57)71(55-42-43-63-62-34-15-16-39-64(62)75(66(63)47-55)67-40-17-18-45-72-67)54-31-19-32-56(46-54)73-48-74(70-61-33-14-13-30-53(61)41-44-65(70)73)69-59(51-26-9-3-10-27-51)37-21-38-60(69)52-28-11-4-12-29-52;/h1-45H;/q;+2. The molecule has 0 fully saturated rings. The molecule has 3 heterocycles. The molecular formula is C70H45BN4Pt+2. The number of nitrogens with zero attached hydrogens (tertiary/aromatic N) is 4. The van der Waals surface area contributed by atoms with Crippen molar-refractivity contribution in [2.75, 3.05) is 0 Å². The first-order chi connectivity index (χ1) is 37.2. The number of benzene rings is 11. The molecule has 1 aliphatic rings. The van der Waals surface area contributed by atoms with Gasteiger partial charge in [-0.2, -0.15) is 41.3 Å². The average Bonchev–Trinajstić information content (AvgIpc) is 4.05. The minimum Gasteiger partial charge on any atom is -0.319 e. The van der Waals surface area contributed by atoms with E-state index in [1.54, 1.807) is 0 Å². The molecule has 6 heteroatoms. The molecule has 0 spiro atoms. The van der Waals surface area contributed by atoms with Crippen molar-refractivity contribution in [1.29, 1.82) is 0 Å². The quantitative estimate of drug-likeness (QED) is 0.0761. The maximum atomic E-state index is 4.91. The predicted octanol–water partition coefficient (Wildman–Crippen LogP) is 15.0. The van der Waals surface area contributed by atoms with Crippen molar-refractivity contribution in [1.82, 2.24) is 18.7 Å². The van der Waals surface area contributed by atoms with Crippen molar-refractivity contribution >= 4 is 84.4 Å². The Hall–Kier alpha value is -9.24. The molecule has 11 aromatic carbocycles. The Morgan fingerprint density at radius 2 is 0.934 bits per heavy atom. The molecule has 0 saturated heterocycles. The van der Waals surface area contributed by atoms with Crippen LogP contribution in [0.25, 0.3) is 82.9 Å². The van der Waals surface area contributed by atoms with E-state index in [9.17, 15) is 0 Å². The van der Waals surface area contributed by atoms with Crippen LogP contribution in [0.15, 0.2) is 273 Å². The van der Waals surface area contributed by atoms with Gasteiger partial charge in [-0.25, -0.2) is 4.98 Å². The maximum Gasteiger partial charge on any atom is 2.00 e. The summed E-state index contributed by atoms with van der Waals surface area (Å²) in [5.74, 6) is 0.844. The number of para-hydroxylation sites is 2. The Morgan fingerprint density at radius 1 is 0.395 bits per heavy atom. The minimum atomic E-state index is -0.338. The number of aromatic nitrogens is 2. The van der Waals surface area contributed by atoms with Crippen molar-refractivity contribution < 1.29 is 21.1 Å². The summed E-state index contributed by atoms with van der Waals surface area (Å²) in [6, 6.07) is 108. The molecule has 0 atom stereocenters. The van der Waals surface area contributed by atoms with E-state index in [1.165, 1.54) is 5.46 Å². The predicted molar refractivity (Wildman–Crippen MR) is 314 cm³/mol. The Bertz CT molecular complexity index is 4260. The zero-order chi connectivity index (χ0) is 49.7. The summed E-state index contributed by atoms with van der Waals surface area (Å²) >= 11 is 0. The topological polar surface area (TPSA) is 23.8 Å². The van der Waals surface area contributed by atoms with E-state index in [4.69, 9.17) is 4.98 Å². The zero-order valence-corrected chi connectivity index (χ0v) is 43.4. The van der Waals surface area contributed by atoms with E-state index >= 15 is 0 Å². The second-order valence-electron chi connectivity index (χ2n) is 19.0. The number of hydrogen-bond donors (Lipinski definition) is 0. The summed E-state index contributed by atoms with van der Waals surface area (Å²) in [5.41, 5.74) is 18.3. The second kappa shape index (κ2) is 19.9. The van der Waals surface area contributed by atoms with Crippen LogP contribution in [0, 0.1) is 12.1 Å². The third kappa shape index (κ3) is 8.06. The molecule has 0 unspecified atom stereocenters. The van der Waals surface area contributed by atoms with Crippen LogP contribution in [0.2, 0.25) is 0 Å². The van der Waals surface area contributed by atoms with Gasteiger partial charge in [0, 0.05) is 17.8 Å². The summed E-state index contributed by atoms with van der Waals surface area (Å²) < 4.78 is 6.77. The fourth-order valence-electron chi connectivity index (χ4n) is 11.4. The van der Waals surface area contributed by atoms with Gasteiger partial charge in [0.05, 0.1) is 16.5 Å². The Morgan fingerprint density at radius 3 is 1.57 bits per heavy atom. The van der Waals surface area contributed by atoms with Gasteiger partial charge in [-0.3, -0.25) is 0 Å². The van der Waals surface area contributed by atoms with Crippen LogP contribution in [0.5, 0.6) is 0 Å². The summed E-state index contributed by atoms with van der Waals surface area (Å²) in [6.07, 6.45) is 1.86. The van der Waals surface area contributed by atoms with Crippen LogP contribution < -0.4 is 25.5 Å². The molecule has 0 bridgehead atoms. The van der Waals surface area contributed by atoms with Crippen LogP contribution in [-0.4, -0.2) is 22.3 Å². The van der Waals surface area contributed by atoms with Crippen LogP contribution in [0.4, 0.5) is 22.7 Å². The normalized spacial score (nSPS) is 11.8. The van der Waals surface area contributed by atoms with Crippen LogP contribution in [-0.2, 0) is 21.1 Å². The summed E-state index contributed by atoms with van der Waals surface area (Å²) in [4.78, 5) is 4.91. The van der Waals surface area contributed by atoms with Gasteiger partial charge in [0.25, 0.3) is 5.69 Å². The van der Waals surface area contributed by atoms with E-state index in [0.29, 0.717) is 0 Å². The molecule has 0 radical (unpaired) electrons. The molecule has 0 aliphatic carbocycles. The smallest absolute Gasteiger partial charge is 0.319 e. The van der Waals surface area contributed by atoms with E-state index in [0.717, 1.165) is 117 Å². The summed E-state index contributed by atoms with van der Waals surface area (Å²) in [5, 5.41) is 4.56. The SMILES string of the molecule is C1=[N+](c2[c-]c(B(c3[c-]c4c(cc3)c3ccccc3n4-c3ccccn3)c3c(-c4ccccc4)cccc3-c3ccccc3)ccc2)c2ccc3ccccc3c2[N+]=1c1c(-c2ccccc2)cccc1-c1ccccc1.[Pt+2]. The maximum absolute atomic E-state index is 4.91. The number of fused-ring (bicyclic) bond motifs is 6. The molecule has 2 aromatic heterocycles. The third-order valence-electron chi connectivity index (χ3n) is 14.7. The average molecular weight is 1150 g/mol. The Balaban J connectivity index is 0.00000553. The molecule has 356 valence electrons. The van der Waals surface area contributed by atoms with Crippen LogP contribution >= 0.6 is 0 Å². The molecule has 4 nitrogen and oxygen atoms in total. The second-order valence-corrected chi connectivity index (χ2v) is 19.0.